The van der Waals surface area contributed by atoms with E-state index in [2.05, 4.69) is 31.4 Å². The average Bonchev–Trinajstić information content (AvgIpc) is 2.61. The molecule has 0 aliphatic rings. The molecule has 0 saturated heterocycles. The zero-order valence-electron chi connectivity index (χ0n) is 16.9. The van der Waals surface area contributed by atoms with Crippen LogP contribution >= 0.6 is 0 Å². The van der Waals surface area contributed by atoms with Gasteiger partial charge in [0.1, 0.15) is 0 Å². The largest absolute Gasteiger partial charge is 0.490 e. The van der Waals surface area contributed by atoms with Crippen LogP contribution in [0.1, 0.15) is 38.8 Å². The number of carbonyl (C=O) groups excluding carboxylic acids is 1. The van der Waals surface area contributed by atoms with Gasteiger partial charge in [0.15, 0.2) is 18.1 Å². The summed E-state index contributed by atoms with van der Waals surface area (Å²) >= 11 is 0. The fourth-order valence-electron chi connectivity index (χ4n) is 2.39. The van der Waals surface area contributed by atoms with Crippen LogP contribution in [0.5, 0.6) is 11.5 Å². The minimum atomic E-state index is -0.209. The molecule has 1 amide bonds. The van der Waals surface area contributed by atoms with Crippen molar-refractivity contribution in [2.45, 2.75) is 46.7 Å². The number of carbonyl (C=O) groups is 1. The summed E-state index contributed by atoms with van der Waals surface area (Å²) in [5.41, 5.74) is 3.04. The number of nitrogens with one attached hydrogen (secondary N) is 2. The van der Waals surface area contributed by atoms with Gasteiger partial charge in [-0.3, -0.25) is 4.79 Å². The first-order valence-corrected chi connectivity index (χ1v) is 9.27. The molecular formula is C22H30N2O3. The maximum atomic E-state index is 12.1. The van der Waals surface area contributed by atoms with Crippen LogP contribution in [0.3, 0.4) is 0 Å². The van der Waals surface area contributed by atoms with Crippen molar-refractivity contribution in [1.29, 1.82) is 0 Å². The van der Waals surface area contributed by atoms with Crippen molar-refractivity contribution in [2.24, 2.45) is 0 Å². The summed E-state index contributed by atoms with van der Waals surface area (Å²) in [6.07, 6.45) is 0. The summed E-state index contributed by atoms with van der Waals surface area (Å²) in [6, 6.07) is 13.4. The van der Waals surface area contributed by atoms with Gasteiger partial charge in [-0.1, -0.05) is 23.8 Å². The predicted octanol–water partition coefficient (Wildman–Crippen LogP) is 4.30. The van der Waals surface area contributed by atoms with Gasteiger partial charge in [0.05, 0.1) is 6.61 Å². The number of anilines is 1. The van der Waals surface area contributed by atoms with Gasteiger partial charge in [0.25, 0.3) is 5.91 Å². The van der Waals surface area contributed by atoms with Crippen LogP contribution in [0.25, 0.3) is 0 Å². The SMILES string of the molecule is CCOc1cc(CNC(C)(C)C)ccc1OCC(=O)Nc1ccc(C)cc1. The Kier molecular flexibility index (Phi) is 7.25. The molecule has 5 heteroatoms. The van der Waals surface area contributed by atoms with Crippen LogP contribution < -0.4 is 20.1 Å². The van der Waals surface area contributed by atoms with Gasteiger partial charge in [-0.15, -0.1) is 0 Å². The van der Waals surface area contributed by atoms with Gasteiger partial charge in [-0.25, -0.2) is 0 Å². The lowest BCUT2D eigenvalue weighted by Gasteiger charge is -2.21. The van der Waals surface area contributed by atoms with E-state index in [1.54, 1.807) is 0 Å². The minimum Gasteiger partial charge on any atom is -0.490 e. The number of rotatable bonds is 8. The van der Waals surface area contributed by atoms with E-state index in [9.17, 15) is 4.79 Å². The molecule has 2 aromatic rings. The van der Waals surface area contributed by atoms with Gasteiger partial charge < -0.3 is 20.1 Å². The molecule has 0 bridgehead atoms. The van der Waals surface area contributed by atoms with Crippen LogP contribution in [0.15, 0.2) is 42.5 Å². The second-order valence-electron chi connectivity index (χ2n) is 7.52. The Morgan fingerprint density at radius 2 is 1.70 bits per heavy atom. The van der Waals surface area contributed by atoms with Gasteiger partial charge in [-0.2, -0.15) is 0 Å². The maximum absolute atomic E-state index is 12.1. The molecule has 2 rings (SSSR count). The average molecular weight is 370 g/mol. The van der Waals surface area contributed by atoms with Crippen LogP contribution in [-0.2, 0) is 11.3 Å². The molecule has 0 aromatic heterocycles. The highest BCUT2D eigenvalue weighted by atomic mass is 16.5. The highest BCUT2D eigenvalue weighted by Gasteiger charge is 2.12. The van der Waals surface area contributed by atoms with Gasteiger partial charge in [-0.05, 0) is 64.4 Å². The third-order valence-electron chi connectivity index (χ3n) is 3.82. The molecule has 2 N–H and O–H groups in total. The lowest BCUT2D eigenvalue weighted by atomic mass is 10.1. The molecule has 0 fully saturated rings. The predicted molar refractivity (Wildman–Crippen MR) is 110 cm³/mol. The molecule has 5 nitrogen and oxygen atoms in total. The third kappa shape index (κ3) is 7.31. The molecule has 0 spiro atoms. The van der Waals surface area contributed by atoms with E-state index in [1.165, 1.54) is 0 Å². The minimum absolute atomic E-state index is 0.0367. The second-order valence-corrected chi connectivity index (χ2v) is 7.52. The fraction of sp³-hybridized carbons (Fsp3) is 0.409. The van der Waals surface area contributed by atoms with Gasteiger partial charge >= 0.3 is 0 Å². The van der Waals surface area contributed by atoms with Crippen molar-refractivity contribution < 1.29 is 14.3 Å². The fourth-order valence-corrected chi connectivity index (χ4v) is 2.39. The van der Waals surface area contributed by atoms with Gasteiger partial charge in [0, 0.05) is 17.8 Å². The molecular weight excluding hydrogens is 340 g/mol. The van der Waals surface area contributed by atoms with Crippen molar-refractivity contribution in [1.82, 2.24) is 5.32 Å². The Bertz CT molecular complexity index is 749. The van der Waals surface area contributed by atoms with E-state index in [0.29, 0.717) is 18.1 Å². The van der Waals surface area contributed by atoms with E-state index in [0.717, 1.165) is 23.4 Å². The first-order valence-electron chi connectivity index (χ1n) is 9.27. The van der Waals surface area contributed by atoms with Crippen LogP contribution in [0, 0.1) is 6.92 Å². The van der Waals surface area contributed by atoms with Crippen molar-refractivity contribution in [3.8, 4) is 11.5 Å². The second kappa shape index (κ2) is 9.42. The number of hydrogen-bond donors (Lipinski definition) is 2. The van der Waals surface area contributed by atoms with Crippen LogP contribution in [0.2, 0.25) is 0 Å². The molecule has 0 atom stereocenters. The third-order valence-corrected chi connectivity index (χ3v) is 3.82. The molecule has 0 aliphatic carbocycles. The Morgan fingerprint density at radius 1 is 1.00 bits per heavy atom. The molecule has 0 heterocycles. The van der Waals surface area contributed by atoms with Crippen LogP contribution in [-0.4, -0.2) is 24.7 Å². The van der Waals surface area contributed by atoms with E-state index in [4.69, 9.17) is 9.47 Å². The lowest BCUT2D eigenvalue weighted by molar-refractivity contribution is -0.118. The number of ether oxygens (including phenoxy) is 2. The quantitative estimate of drug-likeness (QED) is 0.727. The van der Waals surface area contributed by atoms with E-state index in [1.807, 2.05) is 56.3 Å². The molecule has 0 unspecified atom stereocenters. The molecule has 146 valence electrons. The van der Waals surface area contributed by atoms with Crippen molar-refractivity contribution in [3.63, 3.8) is 0 Å². The maximum Gasteiger partial charge on any atom is 0.262 e. The summed E-state index contributed by atoms with van der Waals surface area (Å²) in [7, 11) is 0. The summed E-state index contributed by atoms with van der Waals surface area (Å²) in [6.45, 7) is 11.5. The van der Waals surface area contributed by atoms with Crippen molar-refractivity contribution in [2.75, 3.05) is 18.5 Å². The molecule has 27 heavy (non-hydrogen) atoms. The Hall–Kier alpha value is -2.53. The normalized spacial score (nSPS) is 11.1. The molecule has 0 saturated carbocycles. The monoisotopic (exact) mass is 370 g/mol. The lowest BCUT2D eigenvalue weighted by Crippen LogP contribution is -2.35. The Balaban J connectivity index is 1.97. The summed E-state index contributed by atoms with van der Waals surface area (Å²) in [5.74, 6) is 1.00. The summed E-state index contributed by atoms with van der Waals surface area (Å²) in [4.78, 5) is 12.1. The smallest absolute Gasteiger partial charge is 0.262 e. The zero-order valence-corrected chi connectivity index (χ0v) is 16.9. The number of amides is 1. The molecule has 2 aromatic carbocycles. The highest BCUT2D eigenvalue weighted by Crippen LogP contribution is 2.28. The van der Waals surface area contributed by atoms with E-state index < -0.39 is 0 Å². The van der Waals surface area contributed by atoms with Gasteiger partial charge in [0.2, 0.25) is 0 Å². The van der Waals surface area contributed by atoms with Crippen molar-refractivity contribution in [3.05, 3.63) is 53.6 Å². The number of aryl methyl sites for hydroxylation is 1. The Morgan fingerprint density at radius 3 is 2.33 bits per heavy atom. The molecule has 0 radical (unpaired) electrons. The topological polar surface area (TPSA) is 59.6 Å². The van der Waals surface area contributed by atoms with Crippen molar-refractivity contribution >= 4 is 11.6 Å². The highest BCUT2D eigenvalue weighted by molar-refractivity contribution is 5.91. The first kappa shape index (κ1) is 20.8. The van der Waals surface area contributed by atoms with E-state index >= 15 is 0 Å². The summed E-state index contributed by atoms with van der Waals surface area (Å²) < 4.78 is 11.4. The van der Waals surface area contributed by atoms with Crippen LogP contribution in [0.4, 0.5) is 5.69 Å². The Labute approximate surface area is 162 Å². The first-order chi connectivity index (χ1) is 12.8. The number of benzene rings is 2. The zero-order chi connectivity index (χ0) is 19.9. The molecule has 0 aliphatic heterocycles. The van der Waals surface area contributed by atoms with E-state index in [-0.39, 0.29) is 18.1 Å². The number of hydrogen-bond acceptors (Lipinski definition) is 4. The summed E-state index contributed by atoms with van der Waals surface area (Å²) in [5, 5.41) is 6.27. The standard InChI is InChI=1S/C22H30N2O3/c1-6-26-20-13-17(14-23-22(3,4)5)9-12-19(20)27-15-21(25)24-18-10-7-16(2)8-11-18/h7-13,23H,6,14-15H2,1-5H3,(H,24,25).